The van der Waals surface area contributed by atoms with Crippen molar-refractivity contribution < 1.29 is 14.0 Å². The molecule has 2 aliphatic heterocycles. The predicted octanol–water partition coefficient (Wildman–Crippen LogP) is 3.03. The second kappa shape index (κ2) is 4.50. The molecular formula is C18H14FNO2. The standard InChI is InChI=1S/C18H14FNO2/c19-18(13-8-2-1-3-9-13)16(21)14-10-4-6-12-7-5-11-20(15(12)14)17(18)22/h1-4,6,8-10H,5,7,11H2/t18-/m0/s1. The fraction of sp³-hybridized carbons (Fsp3) is 0.222. The van der Waals surface area contributed by atoms with E-state index >= 15 is 4.39 Å². The van der Waals surface area contributed by atoms with E-state index in [4.69, 9.17) is 0 Å². The lowest BCUT2D eigenvalue weighted by atomic mass is 9.80. The molecule has 2 aliphatic rings. The number of hydrogen-bond acceptors (Lipinski definition) is 2. The maximum atomic E-state index is 15.6. The topological polar surface area (TPSA) is 37.4 Å². The number of para-hydroxylation sites is 1. The number of carbonyl (C=O) groups excluding carboxylic acids is 2. The molecule has 3 nitrogen and oxygen atoms in total. The molecule has 110 valence electrons. The molecule has 0 N–H and O–H groups in total. The van der Waals surface area contributed by atoms with Crippen molar-refractivity contribution in [3.63, 3.8) is 0 Å². The second-order valence-corrected chi connectivity index (χ2v) is 5.73. The zero-order chi connectivity index (χ0) is 15.3. The summed E-state index contributed by atoms with van der Waals surface area (Å²) in [7, 11) is 0. The van der Waals surface area contributed by atoms with Gasteiger partial charge in [0, 0.05) is 17.7 Å². The fourth-order valence-corrected chi connectivity index (χ4v) is 3.43. The molecule has 0 saturated carbocycles. The van der Waals surface area contributed by atoms with Gasteiger partial charge < -0.3 is 4.90 Å². The SMILES string of the molecule is O=C1c2cccc3c2N(CCC3)C(=O)[C@]1(F)c1ccccc1. The summed E-state index contributed by atoms with van der Waals surface area (Å²) in [6.45, 7) is 0.453. The van der Waals surface area contributed by atoms with Gasteiger partial charge in [0.05, 0.1) is 5.69 Å². The summed E-state index contributed by atoms with van der Waals surface area (Å²) in [4.78, 5) is 27.0. The Hall–Kier alpha value is -2.49. The number of rotatable bonds is 1. The first-order valence-electron chi connectivity index (χ1n) is 7.37. The van der Waals surface area contributed by atoms with Crippen LogP contribution in [-0.4, -0.2) is 18.2 Å². The van der Waals surface area contributed by atoms with Crippen LogP contribution in [0.4, 0.5) is 10.1 Å². The number of amides is 1. The van der Waals surface area contributed by atoms with Crippen LogP contribution in [0.15, 0.2) is 48.5 Å². The van der Waals surface area contributed by atoms with Crippen molar-refractivity contribution in [2.24, 2.45) is 0 Å². The predicted molar refractivity (Wildman–Crippen MR) is 80.7 cm³/mol. The van der Waals surface area contributed by atoms with Gasteiger partial charge in [0.15, 0.2) is 0 Å². The summed E-state index contributed by atoms with van der Waals surface area (Å²) in [5, 5.41) is 0. The monoisotopic (exact) mass is 295 g/mol. The highest BCUT2D eigenvalue weighted by molar-refractivity contribution is 6.27. The number of hydrogen-bond donors (Lipinski definition) is 0. The third kappa shape index (κ3) is 1.55. The summed E-state index contributed by atoms with van der Waals surface area (Å²) in [5.41, 5.74) is -0.659. The van der Waals surface area contributed by atoms with Crippen molar-refractivity contribution in [1.29, 1.82) is 0 Å². The van der Waals surface area contributed by atoms with Crippen LogP contribution in [0, 0.1) is 0 Å². The quantitative estimate of drug-likeness (QED) is 0.758. The van der Waals surface area contributed by atoms with Crippen molar-refractivity contribution in [2.45, 2.75) is 18.5 Å². The van der Waals surface area contributed by atoms with E-state index in [0.29, 0.717) is 17.8 Å². The minimum Gasteiger partial charge on any atom is -0.308 e. The summed E-state index contributed by atoms with van der Waals surface area (Å²) < 4.78 is 15.6. The van der Waals surface area contributed by atoms with Crippen LogP contribution in [-0.2, 0) is 16.9 Å². The summed E-state index contributed by atoms with van der Waals surface area (Å²) in [6, 6.07) is 13.3. The molecule has 1 atom stereocenters. The Balaban J connectivity index is 1.98. The molecule has 0 aromatic heterocycles. The van der Waals surface area contributed by atoms with Crippen LogP contribution in [0.25, 0.3) is 0 Å². The molecule has 0 spiro atoms. The highest BCUT2D eigenvalue weighted by Crippen LogP contribution is 2.44. The Labute approximate surface area is 127 Å². The number of benzene rings is 2. The summed E-state index contributed by atoms with van der Waals surface area (Å²) >= 11 is 0. The highest BCUT2D eigenvalue weighted by Gasteiger charge is 2.55. The largest absolute Gasteiger partial charge is 0.308 e. The van der Waals surface area contributed by atoms with E-state index in [1.54, 1.807) is 30.3 Å². The molecule has 1 amide bonds. The molecule has 2 aromatic carbocycles. The van der Waals surface area contributed by atoms with E-state index < -0.39 is 17.4 Å². The first-order chi connectivity index (χ1) is 10.6. The smallest absolute Gasteiger partial charge is 0.277 e. The molecule has 2 heterocycles. The van der Waals surface area contributed by atoms with Crippen molar-refractivity contribution in [3.05, 3.63) is 65.2 Å². The minimum absolute atomic E-state index is 0.103. The number of aryl methyl sites for hydroxylation is 1. The minimum atomic E-state index is -2.62. The van der Waals surface area contributed by atoms with Crippen molar-refractivity contribution in [1.82, 2.24) is 0 Å². The van der Waals surface area contributed by atoms with E-state index in [-0.39, 0.29) is 5.56 Å². The molecule has 0 aliphatic carbocycles. The van der Waals surface area contributed by atoms with Gasteiger partial charge in [-0.25, -0.2) is 4.39 Å². The van der Waals surface area contributed by atoms with Gasteiger partial charge in [-0.05, 0) is 24.5 Å². The lowest BCUT2D eigenvalue weighted by Gasteiger charge is -2.40. The van der Waals surface area contributed by atoms with Crippen LogP contribution in [0.5, 0.6) is 0 Å². The van der Waals surface area contributed by atoms with Crippen LogP contribution < -0.4 is 4.90 Å². The van der Waals surface area contributed by atoms with Crippen LogP contribution in [0.1, 0.15) is 27.9 Å². The van der Waals surface area contributed by atoms with Gasteiger partial charge >= 0.3 is 0 Å². The lowest BCUT2D eigenvalue weighted by Crippen LogP contribution is -2.55. The molecular weight excluding hydrogens is 281 g/mol. The average molecular weight is 295 g/mol. The zero-order valence-electron chi connectivity index (χ0n) is 11.9. The Kier molecular flexibility index (Phi) is 2.70. The molecule has 22 heavy (non-hydrogen) atoms. The molecule has 4 heteroatoms. The Morgan fingerprint density at radius 3 is 2.55 bits per heavy atom. The summed E-state index contributed by atoms with van der Waals surface area (Å²) in [5.74, 6) is -1.51. The van der Waals surface area contributed by atoms with Gasteiger partial charge in [0.2, 0.25) is 5.78 Å². The lowest BCUT2D eigenvalue weighted by molar-refractivity contribution is -0.128. The molecule has 0 saturated heterocycles. The molecule has 0 unspecified atom stereocenters. The number of nitrogens with zero attached hydrogens (tertiary/aromatic N) is 1. The third-order valence-corrected chi connectivity index (χ3v) is 4.49. The van der Waals surface area contributed by atoms with Gasteiger partial charge in [0.1, 0.15) is 0 Å². The van der Waals surface area contributed by atoms with Crippen molar-refractivity contribution >= 4 is 17.4 Å². The van der Waals surface area contributed by atoms with E-state index in [1.165, 1.54) is 17.0 Å². The molecule has 0 fully saturated rings. The average Bonchev–Trinajstić information content (AvgIpc) is 2.58. The number of anilines is 1. The number of Topliss-reactive ketones (excluding diaryl/α,β-unsaturated/α-hetero) is 1. The van der Waals surface area contributed by atoms with E-state index in [9.17, 15) is 9.59 Å². The van der Waals surface area contributed by atoms with E-state index in [1.807, 2.05) is 6.07 Å². The highest BCUT2D eigenvalue weighted by atomic mass is 19.1. The maximum absolute atomic E-state index is 15.6. The van der Waals surface area contributed by atoms with E-state index in [0.717, 1.165) is 18.4 Å². The van der Waals surface area contributed by atoms with Crippen molar-refractivity contribution in [2.75, 3.05) is 11.4 Å². The van der Waals surface area contributed by atoms with Crippen LogP contribution in [0.3, 0.4) is 0 Å². The Bertz CT molecular complexity index is 787. The number of alkyl halides is 1. The maximum Gasteiger partial charge on any atom is 0.277 e. The number of ketones is 1. The van der Waals surface area contributed by atoms with Gasteiger partial charge in [0.25, 0.3) is 11.6 Å². The molecule has 0 bridgehead atoms. The van der Waals surface area contributed by atoms with Crippen LogP contribution in [0.2, 0.25) is 0 Å². The first kappa shape index (κ1) is 13.2. The zero-order valence-corrected chi connectivity index (χ0v) is 11.9. The molecule has 2 aromatic rings. The number of carbonyl (C=O) groups is 2. The van der Waals surface area contributed by atoms with Gasteiger partial charge in [-0.3, -0.25) is 9.59 Å². The Morgan fingerprint density at radius 1 is 1.00 bits per heavy atom. The van der Waals surface area contributed by atoms with E-state index in [2.05, 4.69) is 0 Å². The van der Waals surface area contributed by atoms with Crippen LogP contribution >= 0.6 is 0 Å². The first-order valence-corrected chi connectivity index (χ1v) is 7.37. The summed E-state index contributed by atoms with van der Waals surface area (Å²) in [6.07, 6.45) is 1.59. The van der Waals surface area contributed by atoms with Gasteiger partial charge in [-0.1, -0.05) is 42.5 Å². The normalized spacial score (nSPS) is 23.4. The fourth-order valence-electron chi connectivity index (χ4n) is 3.43. The van der Waals surface area contributed by atoms with Crippen molar-refractivity contribution in [3.8, 4) is 0 Å². The van der Waals surface area contributed by atoms with Gasteiger partial charge in [-0.2, -0.15) is 0 Å². The molecule has 0 radical (unpaired) electrons. The second-order valence-electron chi connectivity index (χ2n) is 5.73. The Morgan fingerprint density at radius 2 is 1.77 bits per heavy atom. The van der Waals surface area contributed by atoms with Gasteiger partial charge in [-0.15, -0.1) is 0 Å². The third-order valence-electron chi connectivity index (χ3n) is 4.49. The molecule has 4 rings (SSSR count). The number of halogens is 1.